The van der Waals surface area contributed by atoms with Crippen LogP contribution in [0.4, 0.5) is 0 Å². The van der Waals surface area contributed by atoms with Crippen molar-refractivity contribution in [2.45, 2.75) is 96.8 Å². The van der Waals surface area contributed by atoms with Crippen molar-refractivity contribution in [3.05, 3.63) is 0 Å². The third-order valence-corrected chi connectivity index (χ3v) is 10.6. The second-order valence-electron chi connectivity index (χ2n) is 11.1. The van der Waals surface area contributed by atoms with E-state index in [4.69, 9.17) is 11.6 Å². The minimum Gasteiger partial charge on any atom is -0.480 e. The molecule has 4 saturated carbocycles. The van der Waals surface area contributed by atoms with Crippen molar-refractivity contribution < 1.29 is 9.90 Å². The number of hydrogen-bond donors (Lipinski definition) is 1. The van der Waals surface area contributed by atoms with E-state index in [1.54, 1.807) is 0 Å². The highest BCUT2D eigenvalue weighted by molar-refractivity contribution is 6.29. The van der Waals surface area contributed by atoms with Gasteiger partial charge in [0.1, 0.15) is 5.38 Å². The lowest BCUT2D eigenvalue weighted by Crippen LogP contribution is -2.53. The number of carbonyl (C=O) groups is 1. The Kier molecular flexibility index (Phi) is 5.36. The van der Waals surface area contributed by atoms with E-state index < -0.39 is 11.3 Å². The summed E-state index contributed by atoms with van der Waals surface area (Å²) in [4.78, 5) is 11.2. The molecule has 1 N–H and O–H groups in total. The number of alkyl halides is 1. The fraction of sp³-hybridized carbons (Fsp3) is 0.958. The number of aliphatic carboxylic acids is 1. The SMILES string of the molecule is C[C@H](CC(Cl)C(=O)O)[C@H]1CC[C@H]2[C@@H]3CCC4CCCC[C@]4(C)[C@H]3CC[C@]12C. The Morgan fingerprint density at radius 1 is 1.00 bits per heavy atom. The molecular formula is C24H39ClO2. The first-order chi connectivity index (χ1) is 12.8. The van der Waals surface area contributed by atoms with E-state index in [2.05, 4.69) is 20.8 Å². The van der Waals surface area contributed by atoms with E-state index >= 15 is 0 Å². The molecule has 154 valence electrons. The topological polar surface area (TPSA) is 37.3 Å². The summed E-state index contributed by atoms with van der Waals surface area (Å²) in [7, 11) is 0. The van der Waals surface area contributed by atoms with Crippen molar-refractivity contribution in [2.75, 3.05) is 0 Å². The van der Waals surface area contributed by atoms with Gasteiger partial charge in [-0.15, -0.1) is 11.6 Å². The van der Waals surface area contributed by atoms with E-state index in [0.717, 1.165) is 23.7 Å². The molecule has 0 heterocycles. The Bertz CT molecular complexity index is 577. The molecule has 0 spiro atoms. The van der Waals surface area contributed by atoms with Crippen LogP contribution in [0.5, 0.6) is 0 Å². The van der Waals surface area contributed by atoms with Crippen LogP contribution in [-0.4, -0.2) is 16.5 Å². The lowest BCUT2D eigenvalue weighted by atomic mass is 9.44. The van der Waals surface area contributed by atoms with E-state index in [9.17, 15) is 9.90 Å². The third kappa shape index (κ3) is 3.17. The molecule has 0 aromatic rings. The molecule has 4 aliphatic carbocycles. The quantitative estimate of drug-likeness (QED) is 0.535. The number of fused-ring (bicyclic) bond motifs is 5. The molecule has 27 heavy (non-hydrogen) atoms. The van der Waals surface area contributed by atoms with Crippen molar-refractivity contribution in [1.82, 2.24) is 0 Å². The van der Waals surface area contributed by atoms with E-state index in [-0.39, 0.29) is 0 Å². The fourth-order valence-corrected chi connectivity index (χ4v) is 9.14. The predicted molar refractivity (Wildman–Crippen MR) is 111 cm³/mol. The van der Waals surface area contributed by atoms with Crippen LogP contribution < -0.4 is 0 Å². The maximum absolute atomic E-state index is 11.2. The van der Waals surface area contributed by atoms with Crippen molar-refractivity contribution in [1.29, 1.82) is 0 Å². The van der Waals surface area contributed by atoms with E-state index in [0.29, 0.717) is 29.1 Å². The van der Waals surface area contributed by atoms with Crippen LogP contribution >= 0.6 is 11.6 Å². The molecule has 0 radical (unpaired) electrons. The maximum atomic E-state index is 11.2. The summed E-state index contributed by atoms with van der Waals surface area (Å²) in [5.74, 6) is 3.94. The monoisotopic (exact) mass is 394 g/mol. The zero-order valence-corrected chi connectivity index (χ0v) is 18.3. The average molecular weight is 395 g/mol. The minimum atomic E-state index is -0.851. The lowest BCUT2D eigenvalue weighted by molar-refractivity contribution is -0.137. The molecule has 4 rings (SSSR count). The van der Waals surface area contributed by atoms with Gasteiger partial charge in [0.05, 0.1) is 0 Å². The number of carboxylic acid groups (broad SMARTS) is 1. The van der Waals surface area contributed by atoms with E-state index in [1.807, 2.05) is 0 Å². The Labute approximate surface area is 170 Å². The highest BCUT2D eigenvalue weighted by atomic mass is 35.5. The molecule has 2 unspecified atom stereocenters. The summed E-state index contributed by atoms with van der Waals surface area (Å²) in [6, 6.07) is 0. The molecule has 0 aromatic carbocycles. The summed E-state index contributed by atoms with van der Waals surface area (Å²) >= 11 is 6.12. The smallest absolute Gasteiger partial charge is 0.321 e. The van der Waals surface area contributed by atoms with Gasteiger partial charge in [-0.1, -0.05) is 33.6 Å². The molecule has 0 saturated heterocycles. The van der Waals surface area contributed by atoms with Crippen LogP contribution in [0.2, 0.25) is 0 Å². The van der Waals surface area contributed by atoms with Gasteiger partial charge in [-0.2, -0.15) is 0 Å². The first kappa shape index (κ1) is 20.0. The van der Waals surface area contributed by atoms with Gasteiger partial charge in [0, 0.05) is 0 Å². The summed E-state index contributed by atoms with van der Waals surface area (Å²) in [5, 5.41) is 8.50. The summed E-state index contributed by atoms with van der Waals surface area (Å²) < 4.78 is 0. The van der Waals surface area contributed by atoms with Crippen molar-refractivity contribution in [3.63, 3.8) is 0 Å². The Balaban J connectivity index is 1.52. The molecule has 4 aliphatic rings. The summed E-state index contributed by atoms with van der Waals surface area (Å²) in [5.41, 5.74) is 1.02. The molecule has 0 amide bonds. The highest BCUT2D eigenvalue weighted by Gasteiger charge is 2.60. The normalized spacial score (nSPS) is 48.8. The molecule has 2 nitrogen and oxygen atoms in total. The molecule has 0 bridgehead atoms. The number of carboxylic acids is 1. The second kappa shape index (κ2) is 7.22. The van der Waals surface area contributed by atoms with E-state index in [1.165, 1.54) is 64.2 Å². The first-order valence-corrected chi connectivity index (χ1v) is 12.1. The van der Waals surface area contributed by atoms with Crippen molar-refractivity contribution >= 4 is 17.6 Å². The molecule has 4 fully saturated rings. The van der Waals surface area contributed by atoms with Gasteiger partial charge in [-0.05, 0) is 104 Å². The third-order valence-electron chi connectivity index (χ3n) is 10.2. The van der Waals surface area contributed by atoms with Gasteiger partial charge >= 0.3 is 5.97 Å². The summed E-state index contributed by atoms with van der Waals surface area (Å²) in [6.45, 7) is 7.47. The van der Waals surface area contributed by atoms with Crippen LogP contribution in [0.3, 0.4) is 0 Å². The highest BCUT2D eigenvalue weighted by Crippen LogP contribution is 2.68. The van der Waals surface area contributed by atoms with Gasteiger partial charge in [-0.3, -0.25) is 4.79 Å². The van der Waals surface area contributed by atoms with Crippen LogP contribution in [0.1, 0.15) is 91.4 Å². The zero-order valence-electron chi connectivity index (χ0n) is 17.6. The van der Waals surface area contributed by atoms with Gasteiger partial charge in [0.15, 0.2) is 0 Å². The summed E-state index contributed by atoms with van der Waals surface area (Å²) in [6.07, 6.45) is 14.8. The average Bonchev–Trinajstić information content (AvgIpc) is 2.98. The van der Waals surface area contributed by atoms with Gasteiger partial charge < -0.3 is 5.11 Å². The standard InChI is InChI=1S/C24H39ClO2/c1-15(14-21(25)22(26)27)18-9-10-19-17-8-7-16-6-4-5-12-23(16,2)20(17)11-13-24(18,19)3/h15-21H,4-14H2,1-3H3,(H,26,27)/t15-,16?,17+,18-,19+,20+,21?,23+,24-/m1/s1. The number of hydrogen-bond acceptors (Lipinski definition) is 1. The first-order valence-electron chi connectivity index (χ1n) is 11.6. The minimum absolute atomic E-state index is 0.410. The maximum Gasteiger partial charge on any atom is 0.321 e. The molecule has 3 heteroatoms. The van der Waals surface area contributed by atoms with Crippen LogP contribution in [0, 0.1) is 46.3 Å². The van der Waals surface area contributed by atoms with Gasteiger partial charge in [0.2, 0.25) is 0 Å². The lowest BCUT2D eigenvalue weighted by Gasteiger charge is -2.61. The van der Waals surface area contributed by atoms with Crippen LogP contribution in [0.15, 0.2) is 0 Å². The van der Waals surface area contributed by atoms with Crippen molar-refractivity contribution in [3.8, 4) is 0 Å². The Morgan fingerprint density at radius 2 is 1.74 bits per heavy atom. The van der Waals surface area contributed by atoms with Gasteiger partial charge in [-0.25, -0.2) is 0 Å². The second-order valence-corrected chi connectivity index (χ2v) is 11.7. The van der Waals surface area contributed by atoms with Crippen molar-refractivity contribution in [2.24, 2.45) is 46.3 Å². The molecule has 0 aliphatic heterocycles. The van der Waals surface area contributed by atoms with Gasteiger partial charge in [0.25, 0.3) is 0 Å². The Hall–Kier alpha value is -0.240. The predicted octanol–water partition coefficient (Wildman–Crippen LogP) is 6.75. The van der Waals surface area contributed by atoms with Crippen LogP contribution in [0.25, 0.3) is 0 Å². The number of halogens is 1. The molecular weight excluding hydrogens is 356 g/mol. The largest absolute Gasteiger partial charge is 0.480 e. The fourth-order valence-electron chi connectivity index (χ4n) is 8.86. The van der Waals surface area contributed by atoms with Crippen LogP contribution in [-0.2, 0) is 4.79 Å². The molecule has 0 aromatic heterocycles. The molecule has 9 atom stereocenters. The Morgan fingerprint density at radius 3 is 2.48 bits per heavy atom. The zero-order chi connectivity index (χ0) is 19.4. The number of rotatable bonds is 4.